The smallest absolute Gasteiger partial charge is 0.207 e. The Labute approximate surface area is 127 Å². The second kappa shape index (κ2) is 6.41. The Kier molecular flexibility index (Phi) is 4.80. The van der Waals surface area contributed by atoms with Crippen LogP contribution in [0.25, 0.3) is 0 Å². The van der Waals surface area contributed by atoms with Gasteiger partial charge in [-0.1, -0.05) is 62.4 Å². The molecule has 0 fully saturated rings. The summed E-state index contributed by atoms with van der Waals surface area (Å²) in [5, 5.41) is 0. The van der Waals surface area contributed by atoms with Gasteiger partial charge in [0.2, 0.25) is 10.0 Å². The fraction of sp³-hybridized carbons (Fsp3) is 0.294. The van der Waals surface area contributed by atoms with E-state index >= 15 is 0 Å². The molecule has 0 heterocycles. The van der Waals surface area contributed by atoms with Crippen LogP contribution in [-0.4, -0.2) is 8.42 Å². The predicted octanol–water partition coefficient (Wildman–Crippen LogP) is 3.67. The summed E-state index contributed by atoms with van der Waals surface area (Å²) in [7, 11) is -3.53. The Balaban J connectivity index is 2.36. The van der Waals surface area contributed by atoms with Gasteiger partial charge in [0.15, 0.2) is 0 Å². The van der Waals surface area contributed by atoms with Crippen LogP contribution in [0.2, 0.25) is 0 Å². The fourth-order valence-electron chi connectivity index (χ4n) is 2.34. The molecule has 3 nitrogen and oxygen atoms in total. The zero-order valence-corrected chi connectivity index (χ0v) is 13.4. The van der Waals surface area contributed by atoms with E-state index < -0.39 is 10.0 Å². The van der Waals surface area contributed by atoms with Crippen LogP contribution in [-0.2, 0) is 10.0 Å². The summed E-state index contributed by atoms with van der Waals surface area (Å²) in [6, 6.07) is 16.5. The van der Waals surface area contributed by atoms with Gasteiger partial charge in [-0.05, 0) is 30.0 Å². The number of benzene rings is 2. The van der Waals surface area contributed by atoms with E-state index in [4.69, 9.17) is 0 Å². The lowest BCUT2D eigenvalue weighted by atomic mass is 9.97. The third-order valence-electron chi connectivity index (χ3n) is 3.49. The van der Waals surface area contributed by atoms with Crippen LogP contribution in [0.5, 0.6) is 0 Å². The van der Waals surface area contributed by atoms with Crippen LogP contribution < -0.4 is 4.72 Å². The van der Waals surface area contributed by atoms with Crippen molar-refractivity contribution in [3.05, 3.63) is 65.7 Å². The number of nitrogens with one attached hydrogen (secondary N) is 1. The summed E-state index contributed by atoms with van der Waals surface area (Å²) in [6.07, 6.45) is 0. The average molecular weight is 303 g/mol. The van der Waals surface area contributed by atoms with Crippen LogP contribution in [0.1, 0.15) is 31.0 Å². The van der Waals surface area contributed by atoms with Gasteiger partial charge < -0.3 is 0 Å². The lowest BCUT2D eigenvalue weighted by Crippen LogP contribution is -2.32. The second-order valence-corrected chi connectivity index (χ2v) is 7.20. The number of hydrogen-bond acceptors (Lipinski definition) is 2. The minimum Gasteiger partial charge on any atom is -0.207 e. The minimum atomic E-state index is -3.53. The maximum Gasteiger partial charge on any atom is 0.241 e. The summed E-state index contributed by atoms with van der Waals surface area (Å²) in [5.41, 5.74) is 1.73. The molecule has 1 N–H and O–H groups in total. The van der Waals surface area contributed by atoms with E-state index in [-0.39, 0.29) is 12.0 Å². The Morgan fingerprint density at radius 2 is 1.48 bits per heavy atom. The second-order valence-electron chi connectivity index (χ2n) is 5.52. The first kappa shape index (κ1) is 15.7. The van der Waals surface area contributed by atoms with Crippen molar-refractivity contribution in [1.29, 1.82) is 0 Å². The number of sulfonamides is 1. The molecule has 0 saturated heterocycles. The number of rotatable bonds is 5. The molecule has 1 unspecified atom stereocenters. The zero-order chi connectivity index (χ0) is 15.5. The number of aryl methyl sites for hydroxylation is 1. The molecule has 0 bridgehead atoms. The lowest BCUT2D eigenvalue weighted by molar-refractivity contribution is 0.463. The summed E-state index contributed by atoms with van der Waals surface area (Å²) in [5.74, 6) is 0.159. The third kappa shape index (κ3) is 3.71. The Morgan fingerprint density at radius 1 is 0.905 bits per heavy atom. The largest absolute Gasteiger partial charge is 0.241 e. The van der Waals surface area contributed by atoms with Crippen molar-refractivity contribution in [3.8, 4) is 0 Å². The van der Waals surface area contributed by atoms with Gasteiger partial charge in [0, 0.05) is 6.04 Å². The molecule has 0 aromatic heterocycles. The molecular formula is C17H21NO2S. The van der Waals surface area contributed by atoms with E-state index in [0.29, 0.717) is 4.90 Å². The SMILES string of the molecule is Cc1ccccc1S(=O)(=O)NC(c1ccccc1)C(C)C. The molecule has 0 radical (unpaired) electrons. The summed E-state index contributed by atoms with van der Waals surface area (Å²) in [6.45, 7) is 5.83. The molecule has 0 aliphatic heterocycles. The molecule has 2 rings (SSSR count). The highest BCUT2D eigenvalue weighted by Gasteiger charge is 2.24. The first-order valence-corrected chi connectivity index (χ1v) is 8.53. The van der Waals surface area contributed by atoms with Crippen molar-refractivity contribution >= 4 is 10.0 Å². The number of hydrogen-bond donors (Lipinski definition) is 1. The summed E-state index contributed by atoms with van der Waals surface area (Å²) in [4.78, 5) is 0.339. The van der Waals surface area contributed by atoms with Crippen molar-refractivity contribution in [2.75, 3.05) is 0 Å². The van der Waals surface area contributed by atoms with Gasteiger partial charge in [0.25, 0.3) is 0 Å². The Bertz CT molecular complexity index is 694. The normalized spacial score (nSPS) is 13.3. The maximum atomic E-state index is 12.6. The van der Waals surface area contributed by atoms with Gasteiger partial charge in [0.1, 0.15) is 0 Å². The predicted molar refractivity (Wildman–Crippen MR) is 85.5 cm³/mol. The molecule has 2 aromatic rings. The highest BCUT2D eigenvalue weighted by atomic mass is 32.2. The monoisotopic (exact) mass is 303 g/mol. The van der Waals surface area contributed by atoms with E-state index in [1.165, 1.54) is 0 Å². The van der Waals surface area contributed by atoms with Gasteiger partial charge in [0.05, 0.1) is 4.90 Å². The molecule has 1 atom stereocenters. The summed E-state index contributed by atoms with van der Waals surface area (Å²) >= 11 is 0. The zero-order valence-electron chi connectivity index (χ0n) is 12.6. The Hall–Kier alpha value is -1.65. The van der Waals surface area contributed by atoms with E-state index in [0.717, 1.165) is 11.1 Å². The highest BCUT2D eigenvalue weighted by molar-refractivity contribution is 7.89. The molecule has 0 aliphatic carbocycles. The van der Waals surface area contributed by atoms with Crippen LogP contribution in [0.4, 0.5) is 0 Å². The molecule has 4 heteroatoms. The van der Waals surface area contributed by atoms with E-state index in [9.17, 15) is 8.42 Å². The molecule has 21 heavy (non-hydrogen) atoms. The minimum absolute atomic E-state index is 0.159. The highest BCUT2D eigenvalue weighted by Crippen LogP contribution is 2.25. The quantitative estimate of drug-likeness (QED) is 0.916. The van der Waals surface area contributed by atoms with Crippen molar-refractivity contribution in [2.45, 2.75) is 31.7 Å². The fourth-order valence-corrected chi connectivity index (χ4v) is 3.96. The van der Waals surface area contributed by atoms with Gasteiger partial charge >= 0.3 is 0 Å². The topological polar surface area (TPSA) is 46.2 Å². The molecule has 0 amide bonds. The molecule has 0 aliphatic rings. The van der Waals surface area contributed by atoms with Crippen molar-refractivity contribution in [2.24, 2.45) is 5.92 Å². The molecule has 112 valence electrons. The van der Waals surface area contributed by atoms with Crippen molar-refractivity contribution < 1.29 is 8.42 Å². The standard InChI is InChI=1S/C17H21NO2S/c1-13(2)17(15-10-5-4-6-11-15)18-21(19,20)16-12-8-7-9-14(16)3/h4-13,17-18H,1-3H3. The van der Waals surface area contributed by atoms with Gasteiger partial charge in [-0.3, -0.25) is 0 Å². The van der Waals surface area contributed by atoms with Crippen LogP contribution in [0.3, 0.4) is 0 Å². The van der Waals surface area contributed by atoms with Gasteiger partial charge in [-0.15, -0.1) is 0 Å². The van der Waals surface area contributed by atoms with E-state index in [1.54, 1.807) is 12.1 Å². The van der Waals surface area contributed by atoms with Crippen molar-refractivity contribution in [1.82, 2.24) is 4.72 Å². The molecule has 0 saturated carbocycles. The summed E-state index contributed by atoms with van der Waals surface area (Å²) < 4.78 is 28.1. The molecule has 0 spiro atoms. The molecular weight excluding hydrogens is 282 g/mol. The first-order chi connectivity index (χ1) is 9.92. The van der Waals surface area contributed by atoms with Gasteiger partial charge in [-0.2, -0.15) is 0 Å². The van der Waals surface area contributed by atoms with Gasteiger partial charge in [-0.25, -0.2) is 13.1 Å². The van der Waals surface area contributed by atoms with Crippen LogP contribution >= 0.6 is 0 Å². The van der Waals surface area contributed by atoms with E-state index in [1.807, 2.05) is 63.2 Å². The Morgan fingerprint density at radius 3 is 2.05 bits per heavy atom. The van der Waals surface area contributed by atoms with Crippen molar-refractivity contribution in [3.63, 3.8) is 0 Å². The lowest BCUT2D eigenvalue weighted by Gasteiger charge is -2.23. The average Bonchev–Trinajstić information content (AvgIpc) is 2.46. The molecule has 2 aromatic carbocycles. The van der Waals surface area contributed by atoms with Crippen LogP contribution in [0.15, 0.2) is 59.5 Å². The third-order valence-corrected chi connectivity index (χ3v) is 5.09. The first-order valence-electron chi connectivity index (χ1n) is 7.04. The van der Waals surface area contributed by atoms with E-state index in [2.05, 4.69) is 4.72 Å². The van der Waals surface area contributed by atoms with Crippen LogP contribution in [0, 0.1) is 12.8 Å². The maximum absolute atomic E-state index is 12.6.